The Morgan fingerprint density at radius 3 is 3.00 bits per heavy atom. The molecule has 2 aliphatic carbocycles. The first-order valence-electron chi connectivity index (χ1n) is 4.55. The molecule has 3 nitrogen and oxygen atoms in total. The van der Waals surface area contributed by atoms with E-state index in [0.717, 1.165) is 6.42 Å². The zero-order valence-corrected chi connectivity index (χ0v) is 7.80. The summed E-state index contributed by atoms with van der Waals surface area (Å²) < 4.78 is 0. The maximum absolute atomic E-state index is 11.6. The minimum atomic E-state index is 0.102. The molecule has 0 radical (unpaired) electrons. The quantitative estimate of drug-likeness (QED) is 0.427. The van der Waals surface area contributed by atoms with Crippen molar-refractivity contribution in [3.63, 3.8) is 0 Å². The van der Waals surface area contributed by atoms with Crippen molar-refractivity contribution in [2.24, 2.45) is 17.8 Å². The molecule has 13 heavy (non-hydrogen) atoms. The maximum atomic E-state index is 11.6. The highest BCUT2D eigenvalue weighted by molar-refractivity contribution is 7.80. The fraction of sp³-hybridized carbons (Fsp3) is 0.556. The first kappa shape index (κ1) is 7.50. The number of nitrogens with one attached hydrogen (secondary N) is 2. The zero-order chi connectivity index (χ0) is 9.00. The molecule has 3 rings (SSSR count). The lowest BCUT2D eigenvalue weighted by Crippen LogP contribution is -2.59. The third-order valence-electron chi connectivity index (χ3n) is 3.30. The predicted octanol–water partition coefficient (Wildman–Crippen LogP) is 0.181. The van der Waals surface area contributed by atoms with E-state index in [9.17, 15) is 4.79 Å². The molecular formula is C9H10N2OS. The Hall–Kier alpha value is -0.900. The van der Waals surface area contributed by atoms with Crippen molar-refractivity contribution in [3.05, 3.63) is 12.2 Å². The van der Waals surface area contributed by atoms with Gasteiger partial charge in [-0.3, -0.25) is 4.79 Å². The Bertz CT molecular complexity index is 326. The van der Waals surface area contributed by atoms with Gasteiger partial charge in [-0.25, -0.2) is 0 Å². The summed E-state index contributed by atoms with van der Waals surface area (Å²) in [4.78, 5) is 11.6. The normalized spacial score (nSPS) is 45.8. The number of thiocarbonyl (C=S) groups is 1. The fourth-order valence-electron chi connectivity index (χ4n) is 2.76. The molecule has 2 fully saturated rings. The number of carbonyl (C=O) groups is 1. The number of hydrogen-bond donors (Lipinski definition) is 2. The monoisotopic (exact) mass is 194 g/mol. The highest BCUT2D eigenvalue weighted by Crippen LogP contribution is 2.44. The van der Waals surface area contributed by atoms with Crippen LogP contribution in [-0.4, -0.2) is 17.1 Å². The van der Waals surface area contributed by atoms with Gasteiger partial charge in [0, 0.05) is 6.04 Å². The van der Waals surface area contributed by atoms with Crippen LogP contribution in [0.5, 0.6) is 0 Å². The standard InChI is InChI=1S/C9H10N2OS/c12-8-6-4-1-2-5(3-4)7(6)10-9(13)11-8/h1-2,4-7H,3H2,(H2,10,11,12,13)/t4-,5+,6+,7-/m0/s1. The molecule has 1 heterocycles. The van der Waals surface area contributed by atoms with Crippen LogP contribution in [0, 0.1) is 17.8 Å². The van der Waals surface area contributed by atoms with Crippen LogP contribution in [-0.2, 0) is 4.79 Å². The van der Waals surface area contributed by atoms with Crippen LogP contribution >= 0.6 is 12.2 Å². The minimum Gasteiger partial charge on any atom is -0.358 e. The number of fused-ring (bicyclic) bond motifs is 5. The van der Waals surface area contributed by atoms with Gasteiger partial charge in [0.1, 0.15) is 0 Å². The molecule has 1 saturated heterocycles. The predicted molar refractivity (Wildman–Crippen MR) is 51.9 cm³/mol. The Balaban J connectivity index is 1.98. The minimum absolute atomic E-state index is 0.102. The van der Waals surface area contributed by atoms with Gasteiger partial charge in [-0.15, -0.1) is 0 Å². The van der Waals surface area contributed by atoms with E-state index in [1.807, 2.05) is 0 Å². The van der Waals surface area contributed by atoms with Crippen LogP contribution < -0.4 is 10.6 Å². The van der Waals surface area contributed by atoms with Gasteiger partial charge >= 0.3 is 0 Å². The number of amides is 1. The van der Waals surface area contributed by atoms with E-state index in [4.69, 9.17) is 12.2 Å². The summed E-state index contributed by atoms with van der Waals surface area (Å²) in [5.74, 6) is 1.16. The molecule has 1 amide bonds. The zero-order valence-electron chi connectivity index (χ0n) is 6.99. The Morgan fingerprint density at radius 2 is 2.15 bits per heavy atom. The SMILES string of the molecule is O=C1NC(=S)N[C@@H]2[C@H]1[C@H]1C=C[C@@H]2C1. The second-order valence-corrected chi connectivity index (χ2v) is 4.37. The first-order chi connectivity index (χ1) is 6.25. The van der Waals surface area contributed by atoms with Crippen LogP contribution in [0.15, 0.2) is 12.2 Å². The molecular weight excluding hydrogens is 184 g/mol. The van der Waals surface area contributed by atoms with E-state index in [-0.39, 0.29) is 17.9 Å². The molecule has 4 heteroatoms. The van der Waals surface area contributed by atoms with Crippen molar-refractivity contribution in [3.8, 4) is 0 Å². The lowest BCUT2D eigenvalue weighted by atomic mass is 9.87. The molecule has 0 aromatic rings. The van der Waals surface area contributed by atoms with Gasteiger partial charge in [0.25, 0.3) is 0 Å². The smallest absolute Gasteiger partial charge is 0.231 e. The Kier molecular flexibility index (Phi) is 1.34. The second-order valence-electron chi connectivity index (χ2n) is 3.96. The summed E-state index contributed by atoms with van der Waals surface area (Å²) in [5, 5.41) is 6.36. The lowest BCUT2D eigenvalue weighted by Gasteiger charge is -2.33. The number of allylic oxidation sites excluding steroid dienone is 1. The van der Waals surface area contributed by atoms with E-state index in [1.165, 1.54) is 0 Å². The van der Waals surface area contributed by atoms with Gasteiger partial charge in [0.2, 0.25) is 5.91 Å². The summed E-state index contributed by atoms with van der Waals surface area (Å²) in [7, 11) is 0. The molecule has 4 atom stereocenters. The van der Waals surface area contributed by atoms with Crippen LogP contribution in [0.1, 0.15) is 6.42 Å². The molecule has 1 aliphatic heterocycles. The van der Waals surface area contributed by atoms with Crippen molar-refractivity contribution in [1.29, 1.82) is 0 Å². The van der Waals surface area contributed by atoms with Crippen LogP contribution in [0.3, 0.4) is 0 Å². The fourth-order valence-corrected chi connectivity index (χ4v) is 3.00. The molecule has 2 bridgehead atoms. The van der Waals surface area contributed by atoms with Gasteiger partial charge in [0.15, 0.2) is 5.11 Å². The number of rotatable bonds is 0. The summed E-state index contributed by atoms with van der Waals surface area (Å²) in [6, 6.07) is 0.260. The largest absolute Gasteiger partial charge is 0.358 e. The third kappa shape index (κ3) is 0.892. The van der Waals surface area contributed by atoms with Crippen molar-refractivity contribution >= 4 is 23.2 Å². The summed E-state index contributed by atoms with van der Waals surface area (Å²) >= 11 is 4.96. The average Bonchev–Trinajstić information content (AvgIpc) is 2.62. The molecule has 2 N–H and O–H groups in total. The van der Waals surface area contributed by atoms with Crippen LogP contribution in [0.4, 0.5) is 0 Å². The van der Waals surface area contributed by atoms with Gasteiger partial charge < -0.3 is 10.6 Å². The molecule has 1 saturated carbocycles. The van der Waals surface area contributed by atoms with Crippen molar-refractivity contribution in [1.82, 2.24) is 10.6 Å². The highest BCUT2D eigenvalue weighted by Gasteiger charge is 2.50. The molecule has 3 aliphatic rings. The van der Waals surface area contributed by atoms with E-state index in [0.29, 0.717) is 16.9 Å². The Morgan fingerprint density at radius 1 is 1.38 bits per heavy atom. The molecule has 0 aromatic heterocycles. The molecule has 0 aromatic carbocycles. The van der Waals surface area contributed by atoms with Gasteiger partial charge in [-0.1, -0.05) is 12.2 Å². The summed E-state index contributed by atoms with van der Waals surface area (Å²) in [6.45, 7) is 0. The maximum Gasteiger partial charge on any atom is 0.231 e. The summed E-state index contributed by atoms with van der Waals surface area (Å²) in [5.41, 5.74) is 0. The van der Waals surface area contributed by atoms with Gasteiger partial charge in [-0.2, -0.15) is 0 Å². The topological polar surface area (TPSA) is 41.1 Å². The van der Waals surface area contributed by atoms with Crippen LogP contribution in [0.25, 0.3) is 0 Å². The van der Waals surface area contributed by atoms with Crippen molar-refractivity contribution in [2.45, 2.75) is 12.5 Å². The molecule has 68 valence electrons. The average molecular weight is 194 g/mol. The summed E-state index contributed by atoms with van der Waals surface area (Å²) in [6.07, 6.45) is 5.49. The van der Waals surface area contributed by atoms with Crippen molar-refractivity contribution in [2.75, 3.05) is 0 Å². The number of hydrogen-bond acceptors (Lipinski definition) is 2. The van der Waals surface area contributed by atoms with Gasteiger partial charge in [0.05, 0.1) is 5.92 Å². The second kappa shape index (κ2) is 2.32. The Labute approximate surface area is 81.6 Å². The molecule has 0 unspecified atom stereocenters. The van der Waals surface area contributed by atoms with E-state index in [2.05, 4.69) is 22.8 Å². The van der Waals surface area contributed by atoms with E-state index in [1.54, 1.807) is 0 Å². The highest BCUT2D eigenvalue weighted by atomic mass is 32.1. The molecule has 0 spiro atoms. The third-order valence-corrected chi connectivity index (χ3v) is 3.52. The van der Waals surface area contributed by atoms with Crippen molar-refractivity contribution < 1.29 is 4.79 Å². The van der Waals surface area contributed by atoms with E-state index < -0.39 is 0 Å². The number of carbonyl (C=O) groups excluding carboxylic acids is 1. The van der Waals surface area contributed by atoms with E-state index >= 15 is 0 Å². The lowest BCUT2D eigenvalue weighted by molar-refractivity contribution is -0.125. The van der Waals surface area contributed by atoms with Crippen LogP contribution in [0.2, 0.25) is 0 Å². The van der Waals surface area contributed by atoms with Gasteiger partial charge in [-0.05, 0) is 30.5 Å². The first-order valence-corrected chi connectivity index (χ1v) is 4.96.